The first-order chi connectivity index (χ1) is 9.61. The van der Waals surface area contributed by atoms with Crippen LogP contribution in [0.1, 0.15) is 73.2 Å². The number of nitrogens with zero attached hydrogens (tertiary/aromatic N) is 1. The van der Waals surface area contributed by atoms with Gasteiger partial charge in [-0.15, -0.1) is 0 Å². The fourth-order valence-corrected chi connectivity index (χ4v) is 2.41. The molecule has 0 saturated heterocycles. The maximum Gasteiger partial charge on any atom is 0.0491 e. The molecule has 0 aliphatic rings. The van der Waals surface area contributed by atoms with Crippen LogP contribution in [0.4, 0.5) is 0 Å². The van der Waals surface area contributed by atoms with E-state index in [1.807, 2.05) is 0 Å². The van der Waals surface area contributed by atoms with Gasteiger partial charge < -0.3 is 4.98 Å². The van der Waals surface area contributed by atoms with Gasteiger partial charge in [0.25, 0.3) is 0 Å². The summed E-state index contributed by atoms with van der Waals surface area (Å²) in [6, 6.07) is 4.39. The van der Waals surface area contributed by atoms with Crippen molar-refractivity contribution in [1.82, 2.24) is 4.98 Å². The maximum absolute atomic E-state index is 4.79. The average Bonchev–Trinajstić information content (AvgIpc) is 2.81. The van der Waals surface area contributed by atoms with Crippen LogP contribution in [-0.2, 0) is 5.41 Å². The molecule has 0 aliphatic carbocycles. The molecule has 0 atom stereocenters. The summed E-state index contributed by atoms with van der Waals surface area (Å²) >= 11 is 0. The smallest absolute Gasteiger partial charge is 0.0491 e. The molecule has 0 unspecified atom stereocenters. The molecule has 1 heterocycles. The Morgan fingerprint density at radius 1 is 1.10 bits per heavy atom. The minimum atomic E-state index is 0.0457. The van der Waals surface area contributed by atoms with Gasteiger partial charge in [0.2, 0.25) is 0 Å². The molecule has 2 nitrogen and oxygen atoms in total. The third-order valence-corrected chi connectivity index (χ3v) is 3.47. The number of hydrogen-bond acceptors (Lipinski definition) is 1. The van der Waals surface area contributed by atoms with Crippen molar-refractivity contribution < 1.29 is 0 Å². The number of H-pyrrole nitrogens is 1. The molecule has 21 heavy (non-hydrogen) atoms. The third kappa shape index (κ3) is 4.59. The molecule has 0 amide bonds. The molecular formula is C19H32N2. The predicted molar refractivity (Wildman–Crippen MR) is 95.2 cm³/mol. The van der Waals surface area contributed by atoms with Crippen LogP contribution in [-0.4, -0.2) is 17.2 Å². The Morgan fingerprint density at radius 3 is 2.10 bits per heavy atom. The van der Waals surface area contributed by atoms with E-state index in [9.17, 15) is 0 Å². The second-order valence-electron chi connectivity index (χ2n) is 7.63. The van der Waals surface area contributed by atoms with E-state index < -0.39 is 0 Å². The molecule has 118 valence electrons. The molecule has 0 spiro atoms. The molecule has 1 N–H and O–H groups in total. The van der Waals surface area contributed by atoms with Crippen molar-refractivity contribution in [2.75, 3.05) is 6.54 Å². The van der Waals surface area contributed by atoms with Crippen molar-refractivity contribution in [1.29, 1.82) is 0 Å². The number of aromatic amines is 1. The molecular weight excluding hydrogens is 256 g/mol. The Bertz CT molecular complexity index is 516. The number of aliphatic imine (C=N–C) groups is 1. The number of rotatable bonds is 4. The summed E-state index contributed by atoms with van der Waals surface area (Å²) in [6.45, 7) is 18.5. The van der Waals surface area contributed by atoms with Crippen molar-refractivity contribution >= 4 is 11.3 Å². The first-order valence-corrected chi connectivity index (χ1v) is 8.06. The fourth-order valence-electron chi connectivity index (χ4n) is 2.41. The molecule has 0 radical (unpaired) electrons. The van der Waals surface area contributed by atoms with Crippen LogP contribution in [0.5, 0.6) is 0 Å². The number of nitrogens with one attached hydrogen (secondary N) is 1. The van der Waals surface area contributed by atoms with Gasteiger partial charge in [0.15, 0.2) is 0 Å². The Balaban J connectivity index is 3.34. The minimum absolute atomic E-state index is 0.0457. The summed E-state index contributed by atoms with van der Waals surface area (Å²) in [6.07, 6.45) is 3.30. The van der Waals surface area contributed by atoms with Crippen molar-refractivity contribution in [3.63, 3.8) is 0 Å². The second-order valence-corrected chi connectivity index (χ2v) is 7.63. The SMILES string of the molecule is CC/C=C(\C(=NCC)C(C)(C)C)c1ccc(C(C)(C)C)[nH]1. The van der Waals surface area contributed by atoms with Crippen LogP contribution in [0.2, 0.25) is 0 Å². The summed E-state index contributed by atoms with van der Waals surface area (Å²) in [4.78, 5) is 8.39. The molecule has 0 saturated carbocycles. The van der Waals surface area contributed by atoms with Crippen molar-refractivity contribution in [3.8, 4) is 0 Å². The van der Waals surface area contributed by atoms with E-state index in [4.69, 9.17) is 4.99 Å². The van der Waals surface area contributed by atoms with Gasteiger partial charge in [0.05, 0.1) is 0 Å². The summed E-state index contributed by atoms with van der Waals surface area (Å²) in [5, 5.41) is 0. The highest BCUT2D eigenvalue weighted by atomic mass is 14.8. The maximum atomic E-state index is 4.79. The number of allylic oxidation sites excluding steroid dienone is 2. The van der Waals surface area contributed by atoms with Gasteiger partial charge in [-0.05, 0) is 25.5 Å². The van der Waals surface area contributed by atoms with Crippen LogP contribution in [0, 0.1) is 5.41 Å². The largest absolute Gasteiger partial charge is 0.358 e. The first-order valence-electron chi connectivity index (χ1n) is 8.06. The van der Waals surface area contributed by atoms with E-state index in [1.165, 1.54) is 22.7 Å². The molecule has 2 heteroatoms. The summed E-state index contributed by atoms with van der Waals surface area (Å²) in [5.74, 6) is 0. The van der Waals surface area contributed by atoms with Crippen LogP contribution >= 0.6 is 0 Å². The van der Waals surface area contributed by atoms with Crippen molar-refractivity contribution in [2.45, 2.75) is 67.2 Å². The van der Waals surface area contributed by atoms with Gasteiger partial charge in [-0.3, -0.25) is 4.99 Å². The lowest BCUT2D eigenvalue weighted by Crippen LogP contribution is -2.23. The first kappa shape index (κ1) is 17.7. The van der Waals surface area contributed by atoms with E-state index in [0.29, 0.717) is 0 Å². The van der Waals surface area contributed by atoms with E-state index in [1.54, 1.807) is 0 Å². The van der Waals surface area contributed by atoms with E-state index >= 15 is 0 Å². The Labute approximate surface area is 130 Å². The van der Waals surface area contributed by atoms with Crippen LogP contribution in [0.3, 0.4) is 0 Å². The third-order valence-electron chi connectivity index (χ3n) is 3.47. The molecule has 0 aromatic carbocycles. The topological polar surface area (TPSA) is 28.1 Å². The van der Waals surface area contributed by atoms with Gasteiger partial charge in [-0.2, -0.15) is 0 Å². The molecule has 0 fully saturated rings. The lowest BCUT2D eigenvalue weighted by atomic mass is 9.83. The number of aromatic nitrogens is 1. The Hall–Kier alpha value is -1.31. The summed E-state index contributed by atoms with van der Waals surface area (Å²) in [5.41, 5.74) is 5.08. The lowest BCUT2D eigenvalue weighted by Gasteiger charge is -2.24. The van der Waals surface area contributed by atoms with Crippen molar-refractivity contribution in [2.24, 2.45) is 10.4 Å². The number of hydrogen-bond donors (Lipinski definition) is 1. The standard InChI is InChI=1S/C19H32N2/c1-9-11-14(17(20-10-2)19(6,7)8)15-12-13-16(21-15)18(3,4)5/h11-13,21H,9-10H2,1-8H3/b14-11-,20-17?. The Kier molecular flexibility index (Phi) is 5.61. The van der Waals surface area contributed by atoms with E-state index in [0.717, 1.165) is 13.0 Å². The van der Waals surface area contributed by atoms with Gasteiger partial charge >= 0.3 is 0 Å². The average molecular weight is 288 g/mol. The quantitative estimate of drug-likeness (QED) is 0.697. The molecule has 0 aliphatic heterocycles. The molecule has 0 bridgehead atoms. The summed E-state index contributed by atoms with van der Waals surface area (Å²) < 4.78 is 0. The molecule has 1 rings (SSSR count). The van der Waals surface area contributed by atoms with E-state index in [2.05, 4.69) is 78.6 Å². The fraction of sp³-hybridized carbons (Fsp3) is 0.632. The van der Waals surface area contributed by atoms with Gasteiger partial charge in [-0.1, -0.05) is 54.5 Å². The minimum Gasteiger partial charge on any atom is -0.358 e. The molecule has 1 aromatic heterocycles. The monoisotopic (exact) mass is 288 g/mol. The normalized spacial score (nSPS) is 14.7. The van der Waals surface area contributed by atoms with Crippen LogP contribution in [0.25, 0.3) is 5.57 Å². The summed E-state index contributed by atoms with van der Waals surface area (Å²) in [7, 11) is 0. The van der Waals surface area contributed by atoms with Gasteiger partial charge in [0, 0.05) is 40.0 Å². The van der Waals surface area contributed by atoms with Gasteiger partial charge in [-0.25, -0.2) is 0 Å². The predicted octanol–water partition coefficient (Wildman–Crippen LogP) is 5.61. The van der Waals surface area contributed by atoms with Crippen LogP contribution in [0.15, 0.2) is 23.2 Å². The zero-order valence-electron chi connectivity index (χ0n) is 15.1. The van der Waals surface area contributed by atoms with Crippen LogP contribution < -0.4 is 0 Å². The van der Waals surface area contributed by atoms with Gasteiger partial charge in [0.1, 0.15) is 0 Å². The molecule has 1 aromatic rings. The highest BCUT2D eigenvalue weighted by Crippen LogP contribution is 2.30. The zero-order chi connectivity index (χ0) is 16.3. The lowest BCUT2D eigenvalue weighted by molar-refractivity contribution is 0.572. The highest BCUT2D eigenvalue weighted by Gasteiger charge is 2.25. The highest BCUT2D eigenvalue weighted by molar-refractivity contribution is 6.25. The Morgan fingerprint density at radius 2 is 1.71 bits per heavy atom. The van der Waals surface area contributed by atoms with Crippen molar-refractivity contribution in [3.05, 3.63) is 29.6 Å². The second kappa shape index (κ2) is 6.64. The van der Waals surface area contributed by atoms with E-state index in [-0.39, 0.29) is 10.8 Å². The zero-order valence-corrected chi connectivity index (χ0v) is 15.1.